The van der Waals surface area contributed by atoms with Crippen LogP contribution >= 0.6 is 0 Å². The zero-order chi connectivity index (χ0) is 18.6. The second kappa shape index (κ2) is 8.17. The fraction of sp³-hybridized carbons (Fsp3) is 0.611. The SMILES string of the molecule is CC.O=C(NC(c1ccc(C(F)(F)F)cc1F)C1CC1)[C@H]1CCCN1. The Hall–Kier alpha value is -1.63. The van der Waals surface area contributed by atoms with Crippen molar-refractivity contribution in [2.24, 2.45) is 5.92 Å². The van der Waals surface area contributed by atoms with Gasteiger partial charge in [-0.3, -0.25) is 4.79 Å². The maximum absolute atomic E-state index is 14.2. The third-order valence-electron chi connectivity index (χ3n) is 4.43. The minimum Gasteiger partial charge on any atom is -0.348 e. The molecule has 140 valence electrons. The monoisotopic (exact) mass is 360 g/mol. The van der Waals surface area contributed by atoms with Crippen LogP contribution in [0.3, 0.4) is 0 Å². The van der Waals surface area contributed by atoms with Crippen molar-refractivity contribution >= 4 is 5.91 Å². The predicted molar refractivity (Wildman–Crippen MR) is 87.4 cm³/mol. The van der Waals surface area contributed by atoms with Gasteiger partial charge in [0.15, 0.2) is 0 Å². The van der Waals surface area contributed by atoms with E-state index in [9.17, 15) is 22.4 Å². The van der Waals surface area contributed by atoms with E-state index in [1.807, 2.05) is 13.8 Å². The first-order valence-electron chi connectivity index (χ1n) is 8.76. The molecule has 1 aromatic carbocycles. The third-order valence-corrected chi connectivity index (χ3v) is 4.43. The lowest BCUT2D eigenvalue weighted by molar-refractivity contribution is -0.137. The van der Waals surface area contributed by atoms with Crippen molar-refractivity contribution in [1.82, 2.24) is 10.6 Å². The number of carbonyl (C=O) groups is 1. The van der Waals surface area contributed by atoms with Crippen LogP contribution in [-0.4, -0.2) is 18.5 Å². The van der Waals surface area contributed by atoms with Crippen LogP contribution in [0.25, 0.3) is 0 Å². The molecular formula is C18H24F4N2O. The van der Waals surface area contributed by atoms with Gasteiger partial charge in [-0.25, -0.2) is 4.39 Å². The molecule has 25 heavy (non-hydrogen) atoms. The molecular weight excluding hydrogens is 336 g/mol. The minimum absolute atomic E-state index is 0.0894. The van der Waals surface area contributed by atoms with Gasteiger partial charge < -0.3 is 10.6 Å². The van der Waals surface area contributed by atoms with Crippen LogP contribution in [-0.2, 0) is 11.0 Å². The van der Waals surface area contributed by atoms with E-state index in [1.54, 1.807) is 0 Å². The molecule has 0 radical (unpaired) electrons. The van der Waals surface area contributed by atoms with Crippen molar-refractivity contribution in [3.8, 4) is 0 Å². The molecule has 1 amide bonds. The number of benzene rings is 1. The molecule has 2 N–H and O–H groups in total. The molecule has 7 heteroatoms. The third kappa shape index (κ3) is 4.93. The van der Waals surface area contributed by atoms with Gasteiger partial charge in [0.25, 0.3) is 0 Å². The molecule has 3 rings (SSSR count). The molecule has 3 nitrogen and oxygen atoms in total. The van der Waals surface area contributed by atoms with Gasteiger partial charge in [0.1, 0.15) is 5.82 Å². The number of carbonyl (C=O) groups excluding carboxylic acids is 1. The smallest absolute Gasteiger partial charge is 0.348 e. The molecule has 1 unspecified atom stereocenters. The summed E-state index contributed by atoms with van der Waals surface area (Å²) in [5, 5.41) is 5.88. The Kier molecular flexibility index (Phi) is 6.43. The largest absolute Gasteiger partial charge is 0.416 e. The van der Waals surface area contributed by atoms with Crippen molar-refractivity contribution in [1.29, 1.82) is 0 Å². The lowest BCUT2D eigenvalue weighted by atomic mass is 9.99. The van der Waals surface area contributed by atoms with Crippen LogP contribution < -0.4 is 10.6 Å². The summed E-state index contributed by atoms with van der Waals surface area (Å²) in [6.45, 7) is 4.76. The molecule has 1 aromatic rings. The Morgan fingerprint density at radius 3 is 2.40 bits per heavy atom. The van der Waals surface area contributed by atoms with Crippen LogP contribution in [0.1, 0.15) is 56.7 Å². The van der Waals surface area contributed by atoms with E-state index in [2.05, 4.69) is 10.6 Å². The zero-order valence-corrected chi connectivity index (χ0v) is 14.4. The van der Waals surface area contributed by atoms with Gasteiger partial charge in [0, 0.05) is 5.56 Å². The lowest BCUT2D eigenvalue weighted by Gasteiger charge is -2.22. The Labute approximate surface area is 145 Å². The van der Waals surface area contributed by atoms with Crippen molar-refractivity contribution in [2.75, 3.05) is 6.54 Å². The first-order valence-corrected chi connectivity index (χ1v) is 8.76. The standard InChI is InChI=1S/C16H18F4N2O.C2H6/c17-12-8-10(16(18,19)20)5-6-11(12)14(9-3-4-9)22-15(23)13-2-1-7-21-13;1-2/h5-6,8-9,13-14,21H,1-4,7H2,(H,22,23);1-2H3/t13-,14?;/m1./s1. The molecule has 1 saturated carbocycles. The first-order chi connectivity index (χ1) is 11.9. The molecule has 0 bridgehead atoms. The molecule has 1 aliphatic carbocycles. The van der Waals surface area contributed by atoms with Gasteiger partial charge in [-0.05, 0) is 50.3 Å². The number of nitrogens with one attached hydrogen (secondary N) is 2. The Balaban J connectivity index is 0.00000109. The molecule has 0 aromatic heterocycles. The summed E-state index contributed by atoms with van der Waals surface area (Å²) in [5.74, 6) is -1.04. The van der Waals surface area contributed by atoms with Crippen molar-refractivity contribution < 1.29 is 22.4 Å². The van der Waals surface area contributed by atoms with Gasteiger partial charge >= 0.3 is 6.18 Å². The molecule has 2 atom stereocenters. The van der Waals surface area contributed by atoms with Crippen LogP contribution in [0, 0.1) is 11.7 Å². The number of halogens is 4. The summed E-state index contributed by atoms with van der Waals surface area (Å²) < 4.78 is 52.1. The second-order valence-corrected chi connectivity index (χ2v) is 6.21. The lowest BCUT2D eigenvalue weighted by Crippen LogP contribution is -2.42. The summed E-state index contributed by atoms with van der Waals surface area (Å²) in [6.07, 6.45) is -1.28. The number of rotatable bonds is 4. The summed E-state index contributed by atoms with van der Waals surface area (Å²) in [7, 11) is 0. The normalized spacial score (nSPS) is 21.3. The maximum atomic E-state index is 14.2. The topological polar surface area (TPSA) is 41.1 Å². The predicted octanol–water partition coefficient (Wildman–Crippen LogP) is 4.19. The van der Waals surface area contributed by atoms with Crippen LogP contribution in [0.15, 0.2) is 18.2 Å². The highest BCUT2D eigenvalue weighted by atomic mass is 19.4. The number of amides is 1. The first kappa shape index (κ1) is 19.7. The van der Waals surface area contributed by atoms with Crippen LogP contribution in [0.2, 0.25) is 0 Å². The van der Waals surface area contributed by atoms with Crippen molar-refractivity contribution in [2.45, 2.75) is 57.8 Å². The number of alkyl halides is 3. The second-order valence-electron chi connectivity index (χ2n) is 6.21. The molecule has 2 fully saturated rings. The Bertz CT molecular complexity index is 593. The van der Waals surface area contributed by atoms with E-state index in [-0.39, 0.29) is 23.4 Å². The highest BCUT2D eigenvalue weighted by Crippen LogP contribution is 2.42. The Morgan fingerprint density at radius 2 is 1.92 bits per heavy atom. The van der Waals surface area contributed by atoms with E-state index in [4.69, 9.17) is 0 Å². The summed E-state index contributed by atoms with van der Waals surface area (Å²) in [4.78, 5) is 12.2. The van der Waals surface area contributed by atoms with Gasteiger partial charge in [-0.1, -0.05) is 19.9 Å². The molecule has 2 aliphatic rings. The average molecular weight is 360 g/mol. The highest BCUT2D eigenvalue weighted by molar-refractivity contribution is 5.82. The molecule has 1 aliphatic heterocycles. The van der Waals surface area contributed by atoms with E-state index < -0.39 is 23.6 Å². The minimum atomic E-state index is -4.58. The molecule has 1 saturated heterocycles. The zero-order valence-electron chi connectivity index (χ0n) is 14.4. The number of hydrogen-bond donors (Lipinski definition) is 2. The van der Waals surface area contributed by atoms with Gasteiger partial charge in [-0.2, -0.15) is 13.2 Å². The van der Waals surface area contributed by atoms with E-state index in [0.29, 0.717) is 6.07 Å². The Morgan fingerprint density at radius 1 is 1.24 bits per heavy atom. The van der Waals surface area contributed by atoms with Gasteiger partial charge in [0.2, 0.25) is 5.91 Å². The summed E-state index contributed by atoms with van der Waals surface area (Å²) >= 11 is 0. The summed E-state index contributed by atoms with van der Waals surface area (Å²) in [6, 6.07) is 1.66. The van der Waals surface area contributed by atoms with E-state index >= 15 is 0 Å². The van der Waals surface area contributed by atoms with Crippen molar-refractivity contribution in [3.63, 3.8) is 0 Å². The number of hydrogen-bond acceptors (Lipinski definition) is 2. The van der Waals surface area contributed by atoms with Crippen molar-refractivity contribution in [3.05, 3.63) is 35.1 Å². The van der Waals surface area contributed by atoms with E-state index in [1.165, 1.54) is 0 Å². The van der Waals surface area contributed by atoms with E-state index in [0.717, 1.165) is 44.4 Å². The fourth-order valence-corrected chi connectivity index (χ4v) is 3.00. The van der Waals surface area contributed by atoms with Crippen LogP contribution in [0.5, 0.6) is 0 Å². The molecule has 1 heterocycles. The highest BCUT2D eigenvalue weighted by Gasteiger charge is 2.38. The van der Waals surface area contributed by atoms with Gasteiger partial charge in [-0.15, -0.1) is 0 Å². The average Bonchev–Trinajstić information content (AvgIpc) is 3.26. The molecule has 0 spiro atoms. The quantitative estimate of drug-likeness (QED) is 0.791. The van der Waals surface area contributed by atoms with Crippen LogP contribution in [0.4, 0.5) is 17.6 Å². The summed E-state index contributed by atoms with van der Waals surface area (Å²) in [5.41, 5.74) is -0.885. The maximum Gasteiger partial charge on any atom is 0.416 e. The van der Waals surface area contributed by atoms with Gasteiger partial charge in [0.05, 0.1) is 17.6 Å². The fourth-order valence-electron chi connectivity index (χ4n) is 3.00.